The van der Waals surface area contributed by atoms with E-state index in [1.54, 1.807) is 0 Å². The number of hydrogen-bond donors (Lipinski definition) is 0. The SMILES string of the molecule is CS(=O)(=O)c1cccc(C(=O)OCC(=O)c2ccc(F)cc2)c1. The first-order valence-corrected chi connectivity index (χ1v) is 8.42. The second-order valence-corrected chi connectivity index (χ2v) is 6.82. The Balaban J connectivity index is 2.05. The van der Waals surface area contributed by atoms with Gasteiger partial charge in [-0.2, -0.15) is 0 Å². The molecule has 0 saturated carbocycles. The Morgan fingerprint density at radius 3 is 2.30 bits per heavy atom. The summed E-state index contributed by atoms with van der Waals surface area (Å²) in [6.07, 6.45) is 1.02. The van der Waals surface area contributed by atoms with Crippen LogP contribution < -0.4 is 0 Å². The molecular formula is C16H13FO5S. The van der Waals surface area contributed by atoms with E-state index in [1.165, 1.54) is 36.4 Å². The lowest BCUT2D eigenvalue weighted by Gasteiger charge is -2.06. The highest BCUT2D eigenvalue weighted by Gasteiger charge is 2.14. The molecule has 2 rings (SSSR count). The molecule has 0 aliphatic heterocycles. The molecule has 0 aliphatic rings. The lowest BCUT2D eigenvalue weighted by Crippen LogP contribution is -2.14. The summed E-state index contributed by atoms with van der Waals surface area (Å²) >= 11 is 0. The third kappa shape index (κ3) is 4.46. The summed E-state index contributed by atoms with van der Waals surface area (Å²) in [5.41, 5.74) is 0.240. The average Bonchev–Trinajstić information content (AvgIpc) is 2.52. The quantitative estimate of drug-likeness (QED) is 0.618. The molecule has 0 heterocycles. The highest BCUT2D eigenvalue weighted by molar-refractivity contribution is 7.90. The molecule has 0 bridgehead atoms. The Hall–Kier alpha value is -2.54. The van der Waals surface area contributed by atoms with Crippen molar-refractivity contribution in [3.05, 3.63) is 65.5 Å². The maximum Gasteiger partial charge on any atom is 0.338 e. The van der Waals surface area contributed by atoms with Crippen molar-refractivity contribution >= 4 is 21.6 Å². The van der Waals surface area contributed by atoms with Crippen LogP contribution in [0.15, 0.2) is 53.4 Å². The highest BCUT2D eigenvalue weighted by atomic mass is 32.2. The zero-order valence-electron chi connectivity index (χ0n) is 12.2. The Kier molecular flexibility index (Phi) is 4.90. The molecule has 0 aliphatic carbocycles. The summed E-state index contributed by atoms with van der Waals surface area (Å²) in [7, 11) is -3.45. The van der Waals surface area contributed by atoms with E-state index in [4.69, 9.17) is 4.74 Å². The van der Waals surface area contributed by atoms with E-state index in [1.807, 2.05) is 0 Å². The fraction of sp³-hybridized carbons (Fsp3) is 0.125. The molecule has 0 N–H and O–H groups in total. The predicted octanol–water partition coefficient (Wildman–Crippen LogP) is 2.27. The fourth-order valence-corrected chi connectivity index (χ4v) is 2.45. The van der Waals surface area contributed by atoms with Gasteiger partial charge in [0.15, 0.2) is 22.2 Å². The molecule has 0 atom stereocenters. The maximum atomic E-state index is 12.8. The molecule has 7 heteroatoms. The van der Waals surface area contributed by atoms with E-state index in [0.29, 0.717) is 0 Å². The third-order valence-corrected chi connectivity index (χ3v) is 4.11. The highest BCUT2D eigenvalue weighted by Crippen LogP contribution is 2.12. The lowest BCUT2D eigenvalue weighted by molar-refractivity contribution is 0.0474. The van der Waals surface area contributed by atoms with Crippen molar-refractivity contribution in [3.8, 4) is 0 Å². The second kappa shape index (κ2) is 6.70. The molecule has 0 radical (unpaired) electrons. The molecule has 2 aromatic carbocycles. The van der Waals surface area contributed by atoms with E-state index in [9.17, 15) is 22.4 Å². The average molecular weight is 336 g/mol. The van der Waals surface area contributed by atoms with Crippen LogP contribution in [-0.4, -0.2) is 33.0 Å². The fourth-order valence-electron chi connectivity index (χ4n) is 1.79. The first kappa shape index (κ1) is 16.8. The number of ether oxygens (including phenoxy) is 1. The minimum absolute atomic E-state index is 0.0168. The standard InChI is InChI=1S/C16H13FO5S/c1-23(20,21)14-4-2-3-12(9-14)16(19)22-10-15(18)11-5-7-13(17)8-6-11/h2-9H,10H2,1H3. The number of benzene rings is 2. The van der Waals surface area contributed by atoms with Gasteiger partial charge in [0.2, 0.25) is 0 Å². The molecule has 5 nitrogen and oxygen atoms in total. The van der Waals surface area contributed by atoms with Crippen LogP contribution in [0.5, 0.6) is 0 Å². The molecule has 0 unspecified atom stereocenters. The van der Waals surface area contributed by atoms with Gasteiger partial charge in [-0.25, -0.2) is 17.6 Å². The Morgan fingerprint density at radius 2 is 1.70 bits per heavy atom. The summed E-state index contributed by atoms with van der Waals surface area (Å²) < 4.78 is 40.5. The van der Waals surface area contributed by atoms with Crippen LogP contribution in [0.1, 0.15) is 20.7 Å². The molecule has 0 fully saturated rings. The van der Waals surface area contributed by atoms with Crippen molar-refractivity contribution in [1.82, 2.24) is 0 Å². The monoisotopic (exact) mass is 336 g/mol. The van der Waals surface area contributed by atoms with Crippen molar-refractivity contribution < 1.29 is 27.1 Å². The van der Waals surface area contributed by atoms with Gasteiger partial charge in [0.25, 0.3) is 0 Å². The van der Waals surface area contributed by atoms with Crippen molar-refractivity contribution in [2.75, 3.05) is 12.9 Å². The van der Waals surface area contributed by atoms with Crippen molar-refractivity contribution in [3.63, 3.8) is 0 Å². The van der Waals surface area contributed by atoms with Gasteiger partial charge in [0, 0.05) is 11.8 Å². The number of Topliss-reactive ketones (excluding diaryl/α,β-unsaturated/α-hetero) is 1. The van der Waals surface area contributed by atoms with Crippen LogP contribution in [0.25, 0.3) is 0 Å². The number of ketones is 1. The Labute approximate surface area is 132 Å². The molecule has 120 valence electrons. The predicted molar refractivity (Wildman–Crippen MR) is 80.6 cm³/mol. The van der Waals surface area contributed by atoms with Crippen LogP contribution in [0.4, 0.5) is 4.39 Å². The zero-order chi connectivity index (χ0) is 17.0. The normalized spacial score (nSPS) is 11.0. The van der Waals surface area contributed by atoms with E-state index < -0.39 is 34.0 Å². The van der Waals surface area contributed by atoms with E-state index in [-0.39, 0.29) is 16.0 Å². The number of halogens is 1. The summed E-state index contributed by atoms with van der Waals surface area (Å²) in [5, 5.41) is 0. The summed E-state index contributed by atoms with van der Waals surface area (Å²) in [6.45, 7) is -0.520. The molecule has 23 heavy (non-hydrogen) atoms. The van der Waals surface area contributed by atoms with Gasteiger partial charge in [-0.05, 0) is 42.5 Å². The maximum absolute atomic E-state index is 12.8. The Bertz CT molecular complexity index is 841. The van der Waals surface area contributed by atoms with E-state index in [0.717, 1.165) is 18.4 Å². The molecule has 0 amide bonds. The second-order valence-electron chi connectivity index (χ2n) is 4.81. The van der Waals surface area contributed by atoms with E-state index >= 15 is 0 Å². The first-order valence-electron chi connectivity index (χ1n) is 6.53. The minimum Gasteiger partial charge on any atom is -0.454 e. The minimum atomic E-state index is -3.45. The topological polar surface area (TPSA) is 77.5 Å². The number of sulfone groups is 1. The molecule has 2 aromatic rings. The van der Waals surface area contributed by atoms with Crippen LogP contribution in [0.3, 0.4) is 0 Å². The number of rotatable bonds is 5. The number of esters is 1. The Morgan fingerprint density at radius 1 is 1.04 bits per heavy atom. The largest absolute Gasteiger partial charge is 0.454 e. The third-order valence-electron chi connectivity index (χ3n) is 3.00. The van der Waals surface area contributed by atoms with Crippen molar-refractivity contribution in [2.24, 2.45) is 0 Å². The van der Waals surface area contributed by atoms with Gasteiger partial charge in [0.1, 0.15) is 5.82 Å². The van der Waals surface area contributed by atoms with Gasteiger partial charge in [0.05, 0.1) is 10.5 Å². The van der Waals surface area contributed by atoms with Crippen molar-refractivity contribution in [2.45, 2.75) is 4.90 Å². The van der Waals surface area contributed by atoms with Gasteiger partial charge in [-0.3, -0.25) is 4.79 Å². The van der Waals surface area contributed by atoms with Crippen molar-refractivity contribution in [1.29, 1.82) is 0 Å². The van der Waals surface area contributed by atoms with Crippen LogP contribution >= 0.6 is 0 Å². The van der Waals surface area contributed by atoms with Gasteiger partial charge in [-0.1, -0.05) is 6.07 Å². The first-order chi connectivity index (χ1) is 10.8. The number of carbonyl (C=O) groups excluding carboxylic acids is 2. The van der Waals surface area contributed by atoms with Crippen LogP contribution in [-0.2, 0) is 14.6 Å². The molecular weight excluding hydrogens is 323 g/mol. The lowest BCUT2D eigenvalue weighted by atomic mass is 10.1. The summed E-state index contributed by atoms with van der Waals surface area (Å²) in [4.78, 5) is 23.7. The molecule has 0 spiro atoms. The summed E-state index contributed by atoms with van der Waals surface area (Å²) in [6, 6.07) is 10.2. The molecule has 0 saturated heterocycles. The number of carbonyl (C=O) groups is 2. The van der Waals surface area contributed by atoms with Crippen LogP contribution in [0, 0.1) is 5.82 Å². The summed E-state index contributed by atoms with van der Waals surface area (Å²) in [5.74, 6) is -1.78. The number of hydrogen-bond acceptors (Lipinski definition) is 5. The van der Waals surface area contributed by atoms with Crippen LogP contribution in [0.2, 0.25) is 0 Å². The zero-order valence-corrected chi connectivity index (χ0v) is 13.0. The van der Waals surface area contributed by atoms with Gasteiger partial charge in [-0.15, -0.1) is 0 Å². The van der Waals surface area contributed by atoms with E-state index in [2.05, 4.69) is 0 Å². The van der Waals surface area contributed by atoms with Gasteiger partial charge < -0.3 is 4.74 Å². The van der Waals surface area contributed by atoms with Gasteiger partial charge >= 0.3 is 5.97 Å². The smallest absolute Gasteiger partial charge is 0.338 e. The molecule has 0 aromatic heterocycles.